The third kappa shape index (κ3) is 1.07. The second-order valence-electron chi connectivity index (χ2n) is 2.57. The van der Waals surface area contributed by atoms with Crippen LogP contribution in [-0.4, -0.2) is 11.1 Å². The predicted octanol–water partition coefficient (Wildman–Crippen LogP) is 2.27. The Balaban J connectivity index is 2.84. The summed E-state index contributed by atoms with van der Waals surface area (Å²) < 4.78 is 17.7. The van der Waals surface area contributed by atoms with Gasteiger partial charge in [-0.05, 0) is 12.1 Å². The van der Waals surface area contributed by atoms with Gasteiger partial charge in [-0.3, -0.25) is 0 Å². The highest BCUT2D eigenvalue weighted by Crippen LogP contribution is 2.22. The van der Waals surface area contributed by atoms with Gasteiger partial charge < -0.3 is 9.52 Å². The Morgan fingerprint density at radius 1 is 1.46 bits per heavy atom. The molecule has 2 rings (SSSR count). The van der Waals surface area contributed by atoms with Crippen LogP contribution in [0.25, 0.3) is 11.0 Å². The summed E-state index contributed by atoms with van der Waals surface area (Å²) in [5.74, 6) is -1.67. The standard InChI is InChI=1S/C9H5FO3/c10-7-4-13-8-5(7)2-1-3-6(8)9(11)12/h1-4H,(H,11,12). The van der Waals surface area contributed by atoms with Gasteiger partial charge in [0.05, 0.1) is 5.39 Å². The Labute approximate surface area is 72.4 Å². The number of benzene rings is 1. The molecule has 66 valence electrons. The lowest BCUT2D eigenvalue weighted by atomic mass is 10.1. The molecule has 0 aliphatic heterocycles. The summed E-state index contributed by atoms with van der Waals surface area (Å²) >= 11 is 0. The van der Waals surface area contributed by atoms with Gasteiger partial charge in [0.25, 0.3) is 0 Å². The van der Waals surface area contributed by atoms with Crippen molar-refractivity contribution < 1.29 is 18.7 Å². The van der Waals surface area contributed by atoms with E-state index < -0.39 is 11.8 Å². The van der Waals surface area contributed by atoms with Crippen LogP contribution in [0, 0.1) is 5.82 Å². The molecule has 0 saturated carbocycles. The first kappa shape index (κ1) is 7.79. The molecule has 0 fully saturated rings. The first-order valence-electron chi connectivity index (χ1n) is 3.59. The lowest BCUT2D eigenvalue weighted by Gasteiger charge is -1.93. The maximum absolute atomic E-state index is 12.9. The largest absolute Gasteiger partial charge is 0.478 e. The third-order valence-electron chi connectivity index (χ3n) is 1.78. The number of hydrogen-bond donors (Lipinski definition) is 1. The quantitative estimate of drug-likeness (QED) is 0.732. The van der Waals surface area contributed by atoms with Crippen LogP contribution in [0.1, 0.15) is 10.4 Å². The zero-order valence-corrected chi connectivity index (χ0v) is 6.45. The van der Waals surface area contributed by atoms with E-state index in [0.717, 1.165) is 6.26 Å². The highest BCUT2D eigenvalue weighted by Gasteiger charge is 2.13. The molecule has 4 heteroatoms. The number of halogens is 1. The molecule has 3 nitrogen and oxygen atoms in total. The minimum atomic E-state index is -1.13. The van der Waals surface area contributed by atoms with Gasteiger partial charge in [0, 0.05) is 0 Å². The summed E-state index contributed by atoms with van der Waals surface area (Å²) in [7, 11) is 0. The fourth-order valence-corrected chi connectivity index (χ4v) is 1.19. The van der Waals surface area contributed by atoms with E-state index in [1.165, 1.54) is 18.2 Å². The van der Waals surface area contributed by atoms with Gasteiger partial charge in [0.1, 0.15) is 11.8 Å². The second kappa shape index (κ2) is 2.58. The van der Waals surface area contributed by atoms with Crippen LogP contribution < -0.4 is 0 Å². The van der Waals surface area contributed by atoms with Crippen molar-refractivity contribution in [2.24, 2.45) is 0 Å². The minimum Gasteiger partial charge on any atom is -0.478 e. The summed E-state index contributed by atoms with van der Waals surface area (Å²) in [4.78, 5) is 10.6. The molecule has 0 spiro atoms. The normalized spacial score (nSPS) is 10.5. The Morgan fingerprint density at radius 3 is 2.92 bits per heavy atom. The van der Waals surface area contributed by atoms with Gasteiger partial charge in [-0.25, -0.2) is 9.18 Å². The summed E-state index contributed by atoms with van der Waals surface area (Å²) in [5.41, 5.74) is 0.0499. The number of furan rings is 1. The molecular weight excluding hydrogens is 175 g/mol. The van der Waals surface area contributed by atoms with Gasteiger partial charge in [0.15, 0.2) is 11.4 Å². The first-order chi connectivity index (χ1) is 6.20. The lowest BCUT2D eigenvalue weighted by Crippen LogP contribution is -1.95. The van der Waals surface area contributed by atoms with Crippen LogP contribution in [-0.2, 0) is 0 Å². The molecule has 1 N–H and O–H groups in total. The summed E-state index contributed by atoms with van der Waals surface area (Å²) in [5, 5.41) is 8.90. The molecule has 0 bridgehead atoms. The number of para-hydroxylation sites is 1. The molecule has 1 aromatic carbocycles. The highest BCUT2D eigenvalue weighted by molar-refractivity contribution is 6.01. The zero-order valence-electron chi connectivity index (χ0n) is 6.45. The predicted molar refractivity (Wildman–Crippen MR) is 43.1 cm³/mol. The summed E-state index contributed by atoms with van der Waals surface area (Å²) in [6.45, 7) is 0. The average Bonchev–Trinajstić information content (AvgIpc) is 2.48. The van der Waals surface area contributed by atoms with Crippen LogP contribution in [0.2, 0.25) is 0 Å². The second-order valence-corrected chi connectivity index (χ2v) is 2.57. The van der Waals surface area contributed by atoms with E-state index in [-0.39, 0.29) is 16.5 Å². The van der Waals surface area contributed by atoms with E-state index in [2.05, 4.69) is 0 Å². The number of rotatable bonds is 1. The summed E-state index contributed by atoms with van der Waals surface area (Å²) in [6, 6.07) is 4.32. The maximum Gasteiger partial charge on any atom is 0.339 e. The van der Waals surface area contributed by atoms with Crippen molar-refractivity contribution in [3.05, 3.63) is 35.8 Å². The van der Waals surface area contributed by atoms with Crippen molar-refractivity contribution in [2.45, 2.75) is 0 Å². The highest BCUT2D eigenvalue weighted by atomic mass is 19.1. The first-order valence-corrected chi connectivity index (χ1v) is 3.59. The Kier molecular flexibility index (Phi) is 1.55. The van der Waals surface area contributed by atoms with Crippen LogP contribution in [0.5, 0.6) is 0 Å². The molecule has 0 saturated heterocycles. The molecule has 13 heavy (non-hydrogen) atoms. The average molecular weight is 180 g/mol. The number of fused-ring (bicyclic) bond motifs is 1. The number of carbonyl (C=O) groups is 1. The fourth-order valence-electron chi connectivity index (χ4n) is 1.19. The monoisotopic (exact) mass is 180 g/mol. The van der Waals surface area contributed by atoms with E-state index >= 15 is 0 Å². The van der Waals surface area contributed by atoms with Crippen molar-refractivity contribution in [3.63, 3.8) is 0 Å². The number of carboxylic acid groups (broad SMARTS) is 1. The van der Waals surface area contributed by atoms with E-state index in [4.69, 9.17) is 9.52 Å². The Morgan fingerprint density at radius 2 is 2.23 bits per heavy atom. The molecule has 0 atom stereocenters. The zero-order chi connectivity index (χ0) is 9.42. The van der Waals surface area contributed by atoms with Crippen molar-refractivity contribution in [1.29, 1.82) is 0 Å². The maximum atomic E-state index is 12.9. The van der Waals surface area contributed by atoms with Crippen LogP contribution in [0.3, 0.4) is 0 Å². The molecule has 0 aliphatic rings. The Bertz CT molecular complexity index is 473. The van der Waals surface area contributed by atoms with Gasteiger partial charge in [-0.1, -0.05) is 6.07 Å². The van der Waals surface area contributed by atoms with Gasteiger partial charge in [-0.2, -0.15) is 0 Å². The SMILES string of the molecule is O=C(O)c1cccc2c(F)coc12. The number of aromatic carboxylic acids is 1. The van der Waals surface area contributed by atoms with Crippen LogP contribution in [0.4, 0.5) is 4.39 Å². The topological polar surface area (TPSA) is 50.4 Å². The van der Waals surface area contributed by atoms with E-state index in [9.17, 15) is 9.18 Å². The van der Waals surface area contributed by atoms with Crippen molar-refractivity contribution in [1.82, 2.24) is 0 Å². The van der Waals surface area contributed by atoms with E-state index in [1.807, 2.05) is 0 Å². The Hall–Kier alpha value is -1.84. The molecule has 0 unspecified atom stereocenters. The molecule has 2 aromatic rings. The van der Waals surface area contributed by atoms with E-state index in [0.29, 0.717) is 0 Å². The lowest BCUT2D eigenvalue weighted by molar-refractivity contribution is 0.0698. The molecule has 0 radical (unpaired) electrons. The summed E-state index contributed by atoms with van der Waals surface area (Å²) in [6.07, 6.45) is 0.900. The van der Waals surface area contributed by atoms with Crippen LogP contribution >= 0.6 is 0 Å². The third-order valence-corrected chi connectivity index (χ3v) is 1.78. The molecule has 1 heterocycles. The van der Waals surface area contributed by atoms with Gasteiger partial charge in [-0.15, -0.1) is 0 Å². The molecule has 1 aromatic heterocycles. The van der Waals surface area contributed by atoms with Crippen molar-refractivity contribution in [2.75, 3.05) is 0 Å². The van der Waals surface area contributed by atoms with Crippen molar-refractivity contribution >= 4 is 16.9 Å². The molecular formula is C9H5FO3. The fraction of sp³-hybridized carbons (Fsp3) is 0. The minimum absolute atomic E-state index is 0.0265. The molecule has 0 amide bonds. The van der Waals surface area contributed by atoms with E-state index in [1.54, 1.807) is 0 Å². The molecule has 0 aliphatic carbocycles. The smallest absolute Gasteiger partial charge is 0.339 e. The number of carboxylic acids is 1. The van der Waals surface area contributed by atoms with Crippen LogP contribution in [0.15, 0.2) is 28.9 Å². The van der Waals surface area contributed by atoms with Crippen molar-refractivity contribution in [3.8, 4) is 0 Å². The van der Waals surface area contributed by atoms with Gasteiger partial charge in [0.2, 0.25) is 0 Å². The van der Waals surface area contributed by atoms with Gasteiger partial charge >= 0.3 is 5.97 Å². The number of hydrogen-bond acceptors (Lipinski definition) is 2.